The van der Waals surface area contributed by atoms with E-state index in [1.54, 1.807) is 6.92 Å². The molecule has 0 unspecified atom stereocenters. The Hall–Kier alpha value is -2.78. The Morgan fingerprint density at radius 1 is 1.25 bits per heavy atom. The summed E-state index contributed by atoms with van der Waals surface area (Å²) in [4.78, 5) is 24.0. The Morgan fingerprint density at radius 2 is 2.04 bits per heavy atom. The van der Waals surface area contributed by atoms with Crippen LogP contribution in [0.4, 0.5) is 5.69 Å². The fourth-order valence-corrected chi connectivity index (χ4v) is 4.57. The van der Waals surface area contributed by atoms with Crippen LogP contribution in [0.25, 0.3) is 0 Å². The van der Waals surface area contributed by atoms with Crippen LogP contribution in [0.2, 0.25) is 0 Å². The minimum Gasteiger partial charge on any atom is -0.462 e. The molecule has 6 heteroatoms. The van der Waals surface area contributed by atoms with Crippen molar-refractivity contribution in [2.24, 2.45) is 0 Å². The third kappa shape index (κ3) is 4.20. The molecule has 0 N–H and O–H groups in total. The number of thioether (sulfide) groups is 1. The molecule has 1 aliphatic rings. The maximum Gasteiger partial charge on any atom is 0.338 e. The van der Waals surface area contributed by atoms with E-state index in [1.807, 2.05) is 17.8 Å². The molecule has 0 amide bonds. The van der Waals surface area contributed by atoms with Crippen molar-refractivity contribution in [1.29, 1.82) is 0 Å². The van der Waals surface area contributed by atoms with E-state index < -0.39 is 10.9 Å². The number of hydrogen-bond donors (Lipinski definition) is 0. The van der Waals surface area contributed by atoms with Crippen molar-refractivity contribution in [3.8, 4) is 11.8 Å². The van der Waals surface area contributed by atoms with Gasteiger partial charge in [-0.2, -0.15) is 0 Å². The normalized spacial score (nSPS) is 14.4. The second-order valence-corrected chi connectivity index (χ2v) is 8.29. The highest BCUT2D eigenvalue weighted by Gasteiger charge is 2.27. The second-order valence-electron chi connectivity index (χ2n) is 7.15. The Bertz CT molecular complexity index is 1000. The largest absolute Gasteiger partial charge is 0.462 e. The van der Waals surface area contributed by atoms with Gasteiger partial charge < -0.3 is 4.74 Å². The maximum atomic E-state index is 11.8. The minimum absolute atomic E-state index is 0.0888. The van der Waals surface area contributed by atoms with Gasteiger partial charge in [0.15, 0.2) is 0 Å². The SMILES string of the molecule is CCOC(=O)c1ccc(C#Cc2ccc3c(c2)C(C)(C)CCS3)c([N+](=O)[O-])c1. The summed E-state index contributed by atoms with van der Waals surface area (Å²) in [5.74, 6) is 6.45. The van der Waals surface area contributed by atoms with Crippen LogP contribution in [0.1, 0.15) is 54.2 Å². The van der Waals surface area contributed by atoms with Gasteiger partial charge in [0, 0.05) is 16.5 Å². The third-order valence-electron chi connectivity index (χ3n) is 4.74. The average Bonchev–Trinajstić information content (AvgIpc) is 2.66. The molecule has 0 bridgehead atoms. The van der Waals surface area contributed by atoms with Crippen molar-refractivity contribution in [3.05, 3.63) is 68.8 Å². The highest BCUT2D eigenvalue weighted by molar-refractivity contribution is 7.99. The topological polar surface area (TPSA) is 69.4 Å². The molecule has 0 aliphatic carbocycles. The summed E-state index contributed by atoms with van der Waals surface area (Å²) in [7, 11) is 0. The van der Waals surface area contributed by atoms with E-state index in [0.29, 0.717) is 0 Å². The Balaban J connectivity index is 1.96. The van der Waals surface area contributed by atoms with Gasteiger partial charge in [0.1, 0.15) is 5.56 Å². The van der Waals surface area contributed by atoms with Crippen molar-refractivity contribution < 1.29 is 14.5 Å². The number of hydrogen-bond acceptors (Lipinski definition) is 5. The number of benzene rings is 2. The molecule has 0 atom stereocenters. The van der Waals surface area contributed by atoms with Crippen molar-refractivity contribution >= 4 is 23.4 Å². The average molecular weight is 395 g/mol. The molecule has 144 valence electrons. The second kappa shape index (κ2) is 8.07. The number of rotatable bonds is 3. The number of carbonyl (C=O) groups excluding carboxylic acids is 1. The standard InChI is InChI=1S/C22H21NO4S/c1-4-27-21(24)17-9-8-16(19(14-17)23(25)26)7-5-15-6-10-20-18(13-15)22(2,3)11-12-28-20/h6,8-10,13-14H,4,11-12H2,1-3H3. The minimum atomic E-state index is -0.584. The van der Waals surface area contributed by atoms with Crippen LogP contribution in [-0.4, -0.2) is 23.3 Å². The van der Waals surface area contributed by atoms with Crippen LogP contribution < -0.4 is 0 Å². The maximum absolute atomic E-state index is 11.8. The quantitative estimate of drug-likeness (QED) is 0.318. The number of nitro groups is 1. The molecule has 0 aromatic heterocycles. The molecule has 2 aromatic rings. The molecule has 5 nitrogen and oxygen atoms in total. The number of fused-ring (bicyclic) bond motifs is 1. The molecule has 2 aromatic carbocycles. The number of carbonyl (C=O) groups is 1. The summed E-state index contributed by atoms with van der Waals surface area (Å²) in [5.41, 5.74) is 2.38. The number of esters is 1. The first-order valence-electron chi connectivity index (χ1n) is 9.07. The predicted octanol–water partition coefficient (Wildman–Crippen LogP) is 4.94. The lowest BCUT2D eigenvalue weighted by atomic mass is 9.81. The fourth-order valence-electron chi connectivity index (χ4n) is 3.08. The highest BCUT2D eigenvalue weighted by atomic mass is 32.2. The van der Waals surface area contributed by atoms with E-state index in [4.69, 9.17) is 4.74 Å². The molecule has 0 radical (unpaired) electrons. The van der Waals surface area contributed by atoms with Gasteiger partial charge in [0.25, 0.3) is 5.69 Å². The molecule has 3 rings (SSSR count). The van der Waals surface area contributed by atoms with Gasteiger partial charge in [-0.1, -0.05) is 25.7 Å². The van der Waals surface area contributed by atoms with Crippen molar-refractivity contribution in [1.82, 2.24) is 0 Å². The van der Waals surface area contributed by atoms with E-state index in [0.717, 1.165) is 17.7 Å². The van der Waals surface area contributed by atoms with E-state index in [9.17, 15) is 14.9 Å². The first-order chi connectivity index (χ1) is 13.3. The molecule has 1 aliphatic heterocycles. The van der Waals surface area contributed by atoms with Crippen LogP contribution in [0.3, 0.4) is 0 Å². The summed E-state index contributed by atoms with van der Waals surface area (Å²) >= 11 is 1.85. The monoisotopic (exact) mass is 395 g/mol. The Morgan fingerprint density at radius 3 is 2.75 bits per heavy atom. The van der Waals surface area contributed by atoms with Crippen LogP contribution in [-0.2, 0) is 10.2 Å². The van der Waals surface area contributed by atoms with Crippen LogP contribution in [0, 0.1) is 22.0 Å². The van der Waals surface area contributed by atoms with E-state index in [1.165, 1.54) is 28.7 Å². The Labute approximate surface area is 168 Å². The molecule has 0 saturated heterocycles. The first-order valence-corrected chi connectivity index (χ1v) is 10.1. The van der Waals surface area contributed by atoms with Gasteiger partial charge in [0.2, 0.25) is 0 Å². The van der Waals surface area contributed by atoms with Gasteiger partial charge in [-0.05, 0) is 60.4 Å². The van der Waals surface area contributed by atoms with Crippen molar-refractivity contribution in [2.45, 2.75) is 37.5 Å². The number of nitrogens with zero attached hydrogens (tertiary/aromatic N) is 1. The van der Waals surface area contributed by atoms with Crippen molar-refractivity contribution in [3.63, 3.8) is 0 Å². The summed E-state index contributed by atoms with van der Waals surface area (Å²) < 4.78 is 4.90. The number of nitro benzene ring substituents is 1. The Kier molecular flexibility index (Phi) is 5.76. The summed E-state index contributed by atoms with van der Waals surface area (Å²) in [6, 6.07) is 10.3. The predicted molar refractivity (Wildman–Crippen MR) is 110 cm³/mol. The van der Waals surface area contributed by atoms with Gasteiger partial charge in [0.05, 0.1) is 17.1 Å². The van der Waals surface area contributed by atoms with Crippen molar-refractivity contribution in [2.75, 3.05) is 12.4 Å². The van der Waals surface area contributed by atoms with E-state index >= 15 is 0 Å². The molecule has 0 spiro atoms. The van der Waals surface area contributed by atoms with Gasteiger partial charge in [-0.25, -0.2) is 4.79 Å². The third-order valence-corrected chi connectivity index (χ3v) is 5.82. The van der Waals surface area contributed by atoms with Gasteiger partial charge in [-0.15, -0.1) is 11.8 Å². The fraction of sp³-hybridized carbons (Fsp3) is 0.318. The summed E-state index contributed by atoms with van der Waals surface area (Å²) in [6.45, 7) is 6.34. The molecule has 0 fully saturated rings. The van der Waals surface area contributed by atoms with Crippen LogP contribution >= 0.6 is 11.8 Å². The number of ether oxygens (including phenoxy) is 1. The lowest BCUT2D eigenvalue weighted by molar-refractivity contribution is -0.385. The zero-order chi connectivity index (χ0) is 20.3. The van der Waals surface area contributed by atoms with Crippen LogP contribution in [0.5, 0.6) is 0 Å². The van der Waals surface area contributed by atoms with E-state index in [-0.39, 0.29) is 28.8 Å². The zero-order valence-corrected chi connectivity index (χ0v) is 16.9. The first kappa shape index (κ1) is 20.0. The lowest BCUT2D eigenvalue weighted by Crippen LogP contribution is -2.22. The van der Waals surface area contributed by atoms with Crippen LogP contribution in [0.15, 0.2) is 41.3 Å². The van der Waals surface area contributed by atoms with E-state index in [2.05, 4.69) is 37.8 Å². The smallest absolute Gasteiger partial charge is 0.338 e. The molecule has 28 heavy (non-hydrogen) atoms. The van der Waals surface area contributed by atoms with Gasteiger partial charge in [-0.3, -0.25) is 10.1 Å². The molecule has 1 heterocycles. The summed E-state index contributed by atoms with van der Waals surface area (Å²) in [6.07, 6.45) is 1.10. The zero-order valence-electron chi connectivity index (χ0n) is 16.1. The summed E-state index contributed by atoms with van der Waals surface area (Å²) in [5, 5.41) is 11.4. The molecule has 0 saturated carbocycles. The molecular weight excluding hydrogens is 374 g/mol. The highest BCUT2D eigenvalue weighted by Crippen LogP contribution is 2.41. The lowest BCUT2D eigenvalue weighted by Gasteiger charge is -2.32. The molecular formula is C22H21NO4S. The van der Waals surface area contributed by atoms with Gasteiger partial charge >= 0.3 is 5.97 Å².